The second kappa shape index (κ2) is 12.3. The molecular formula is C26H30Cl2N2O4. The molecule has 3 aromatic carbocycles. The second-order valence-corrected chi connectivity index (χ2v) is 9.17. The molecule has 0 aliphatic rings. The molecule has 34 heavy (non-hydrogen) atoms. The summed E-state index contributed by atoms with van der Waals surface area (Å²) in [6, 6.07) is 16.9. The Hall–Kier alpha value is -2.51. The summed E-state index contributed by atoms with van der Waals surface area (Å²) in [5, 5.41) is 25.9. The van der Waals surface area contributed by atoms with Gasteiger partial charge in [-0.05, 0) is 55.5 Å². The van der Waals surface area contributed by atoms with Crippen molar-refractivity contribution in [2.75, 3.05) is 18.8 Å². The van der Waals surface area contributed by atoms with Gasteiger partial charge in [-0.1, -0.05) is 66.0 Å². The number of hydrogen-bond donors (Lipinski definition) is 4. The maximum Gasteiger partial charge on any atom is 0.310 e. The molecule has 8 heteroatoms. The number of aliphatic carboxylic acids is 1. The minimum atomic E-state index is -0.867. The van der Waals surface area contributed by atoms with E-state index in [1.165, 1.54) is 0 Å². The van der Waals surface area contributed by atoms with E-state index < -0.39 is 24.1 Å². The first kappa shape index (κ1) is 26.1. The number of carboxylic acid groups (broad SMARTS) is 1. The topological polar surface area (TPSA) is 105 Å². The number of unbranched alkanes of at least 4 members (excludes halogenated alkanes) is 1. The number of ether oxygens (including phenoxy) is 1. The van der Waals surface area contributed by atoms with Gasteiger partial charge in [-0.25, -0.2) is 0 Å². The van der Waals surface area contributed by atoms with E-state index in [4.69, 9.17) is 33.7 Å². The van der Waals surface area contributed by atoms with Crippen LogP contribution in [-0.2, 0) is 4.79 Å². The van der Waals surface area contributed by atoms with Crippen molar-refractivity contribution in [3.05, 3.63) is 70.2 Å². The van der Waals surface area contributed by atoms with Crippen LogP contribution < -0.4 is 15.8 Å². The van der Waals surface area contributed by atoms with E-state index >= 15 is 0 Å². The monoisotopic (exact) mass is 504 g/mol. The molecule has 0 heterocycles. The largest absolute Gasteiger partial charge is 0.489 e. The number of aliphatic hydroxyl groups is 1. The average Bonchev–Trinajstić information content (AvgIpc) is 2.81. The Morgan fingerprint density at radius 1 is 1.09 bits per heavy atom. The number of rotatable bonds is 12. The van der Waals surface area contributed by atoms with Crippen molar-refractivity contribution in [2.24, 2.45) is 5.92 Å². The molecule has 0 amide bonds. The van der Waals surface area contributed by atoms with E-state index in [0.717, 1.165) is 17.2 Å². The Kier molecular flexibility index (Phi) is 9.42. The zero-order chi connectivity index (χ0) is 24.7. The SMILES string of the molecule is CC(Oc1cccc2ccccc12)C(CCCCNCC(O)c1cc(Cl)c(N)c(Cl)c1)C(=O)O. The van der Waals surface area contributed by atoms with Crippen molar-refractivity contribution in [3.63, 3.8) is 0 Å². The van der Waals surface area contributed by atoms with Crippen LogP contribution in [0.2, 0.25) is 10.0 Å². The Balaban J connectivity index is 1.45. The van der Waals surface area contributed by atoms with Crippen molar-refractivity contribution in [1.29, 1.82) is 0 Å². The fourth-order valence-corrected chi connectivity index (χ4v) is 4.41. The predicted molar refractivity (Wildman–Crippen MR) is 138 cm³/mol. The summed E-state index contributed by atoms with van der Waals surface area (Å²) in [6.07, 6.45) is 0.715. The number of carboxylic acids is 1. The summed E-state index contributed by atoms with van der Waals surface area (Å²) in [7, 11) is 0. The molecule has 0 fully saturated rings. The van der Waals surface area contributed by atoms with Crippen LogP contribution in [0.3, 0.4) is 0 Å². The summed E-state index contributed by atoms with van der Waals surface area (Å²) in [4.78, 5) is 11.9. The summed E-state index contributed by atoms with van der Waals surface area (Å²) >= 11 is 12.1. The molecular weight excluding hydrogens is 475 g/mol. The summed E-state index contributed by atoms with van der Waals surface area (Å²) in [5.74, 6) is -0.799. The van der Waals surface area contributed by atoms with Crippen LogP contribution in [0.15, 0.2) is 54.6 Å². The first-order valence-electron chi connectivity index (χ1n) is 11.3. The third kappa shape index (κ3) is 6.76. The number of nitrogens with one attached hydrogen (secondary N) is 1. The molecule has 0 radical (unpaired) electrons. The maximum atomic E-state index is 11.9. The van der Waals surface area contributed by atoms with Crippen molar-refractivity contribution in [3.8, 4) is 5.75 Å². The molecule has 0 saturated heterocycles. The van der Waals surface area contributed by atoms with Gasteiger partial charge in [-0.2, -0.15) is 0 Å². The molecule has 0 spiro atoms. The first-order valence-corrected chi connectivity index (χ1v) is 12.0. The third-order valence-corrected chi connectivity index (χ3v) is 6.51. The lowest BCUT2D eigenvalue weighted by Gasteiger charge is -2.22. The zero-order valence-electron chi connectivity index (χ0n) is 19.0. The highest BCUT2D eigenvalue weighted by Crippen LogP contribution is 2.31. The molecule has 0 bridgehead atoms. The second-order valence-electron chi connectivity index (χ2n) is 8.36. The molecule has 3 atom stereocenters. The smallest absolute Gasteiger partial charge is 0.310 e. The van der Waals surface area contributed by atoms with Gasteiger partial charge in [0.1, 0.15) is 11.9 Å². The number of aliphatic hydroxyl groups excluding tert-OH is 1. The van der Waals surface area contributed by atoms with Crippen LogP contribution in [0.1, 0.15) is 37.9 Å². The standard InChI is InChI=1S/C26H30Cl2N2O4/c1-16(34-24-11-6-8-17-7-2-3-10-20(17)24)19(26(32)33)9-4-5-12-30-15-23(31)18-13-21(27)25(29)22(28)14-18/h2-3,6-8,10-11,13-14,16,19,23,30-31H,4-5,9,12,15,29H2,1H3,(H,32,33). The molecule has 182 valence electrons. The van der Waals surface area contributed by atoms with Crippen LogP contribution in [0.4, 0.5) is 5.69 Å². The van der Waals surface area contributed by atoms with Crippen molar-refractivity contribution < 1.29 is 19.7 Å². The molecule has 3 rings (SSSR count). The number of hydrogen-bond acceptors (Lipinski definition) is 5. The molecule has 0 aliphatic heterocycles. The number of anilines is 1. The summed E-state index contributed by atoms with van der Waals surface area (Å²) in [6.45, 7) is 2.76. The lowest BCUT2D eigenvalue weighted by Crippen LogP contribution is -2.31. The van der Waals surface area contributed by atoms with Gasteiger partial charge in [0.25, 0.3) is 0 Å². The van der Waals surface area contributed by atoms with Crippen molar-refractivity contribution in [1.82, 2.24) is 5.32 Å². The average molecular weight is 505 g/mol. The lowest BCUT2D eigenvalue weighted by atomic mass is 9.96. The van der Waals surface area contributed by atoms with Gasteiger partial charge >= 0.3 is 5.97 Å². The van der Waals surface area contributed by atoms with E-state index in [0.29, 0.717) is 53.0 Å². The summed E-state index contributed by atoms with van der Waals surface area (Å²) in [5.41, 5.74) is 6.60. The van der Waals surface area contributed by atoms with E-state index in [2.05, 4.69) is 5.32 Å². The van der Waals surface area contributed by atoms with Gasteiger partial charge in [0.15, 0.2) is 0 Å². The Morgan fingerprint density at radius 3 is 2.47 bits per heavy atom. The van der Waals surface area contributed by atoms with Gasteiger partial charge in [-0.3, -0.25) is 4.79 Å². The van der Waals surface area contributed by atoms with E-state index in [9.17, 15) is 15.0 Å². The van der Waals surface area contributed by atoms with Gasteiger partial charge < -0.3 is 26.0 Å². The van der Waals surface area contributed by atoms with Crippen LogP contribution in [0.5, 0.6) is 5.75 Å². The highest BCUT2D eigenvalue weighted by molar-refractivity contribution is 6.38. The van der Waals surface area contributed by atoms with Crippen LogP contribution in [-0.4, -0.2) is 35.4 Å². The fourth-order valence-electron chi connectivity index (χ4n) is 3.91. The number of fused-ring (bicyclic) bond motifs is 1. The molecule has 3 unspecified atom stereocenters. The molecule has 3 aromatic rings. The molecule has 0 saturated carbocycles. The molecule has 5 N–H and O–H groups in total. The molecule has 0 aromatic heterocycles. The highest BCUT2D eigenvalue weighted by Gasteiger charge is 2.26. The number of nitrogen functional groups attached to an aromatic ring is 1. The van der Waals surface area contributed by atoms with Gasteiger partial charge in [0.2, 0.25) is 0 Å². The number of benzene rings is 3. The fraction of sp³-hybridized carbons (Fsp3) is 0.346. The van der Waals surface area contributed by atoms with Crippen LogP contribution in [0.25, 0.3) is 10.8 Å². The van der Waals surface area contributed by atoms with E-state index in [-0.39, 0.29) is 0 Å². The Labute approximate surface area is 209 Å². The Bertz CT molecular complexity index is 1100. The normalized spacial score (nSPS) is 14.0. The van der Waals surface area contributed by atoms with Gasteiger partial charge in [0, 0.05) is 11.9 Å². The Morgan fingerprint density at radius 2 is 1.76 bits per heavy atom. The first-order chi connectivity index (χ1) is 16.3. The van der Waals surface area contributed by atoms with Crippen molar-refractivity contribution in [2.45, 2.75) is 38.4 Å². The van der Waals surface area contributed by atoms with Crippen LogP contribution >= 0.6 is 23.2 Å². The van der Waals surface area contributed by atoms with Crippen LogP contribution in [0, 0.1) is 5.92 Å². The van der Waals surface area contributed by atoms with Gasteiger partial charge in [-0.15, -0.1) is 0 Å². The van der Waals surface area contributed by atoms with Gasteiger partial charge in [0.05, 0.1) is 27.8 Å². The van der Waals surface area contributed by atoms with E-state index in [1.54, 1.807) is 19.1 Å². The van der Waals surface area contributed by atoms with Crippen molar-refractivity contribution >= 4 is 45.6 Å². The predicted octanol–water partition coefficient (Wildman–Crippen LogP) is 5.69. The number of nitrogens with two attached hydrogens (primary N) is 1. The lowest BCUT2D eigenvalue weighted by molar-refractivity contribution is -0.145. The summed E-state index contributed by atoms with van der Waals surface area (Å²) < 4.78 is 6.08. The number of carbonyl (C=O) groups is 1. The minimum Gasteiger partial charge on any atom is -0.489 e. The third-order valence-electron chi connectivity index (χ3n) is 5.89. The quantitative estimate of drug-likeness (QED) is 0.186. The highest BCUT2D eigenvalue weighted by atomic mass is 35.5. The molecule has 0 aliphatic carbocycles. The van der Waals surface area contributed by atoms with E-state index in [1.807, 2.05) is 42.5 Å². The minimum absolute atomic E-state index is 0.291. The zero-order valence-corrected chi connectivity index (χ0v) is 20.5. The number of halogens is 2. The molecule has 6 nitrogen and oxygen atoms in total. The maximum absolute atomic E-state index is 11.9.